The zero-order valence-electron chi connectivity index (χ0n) is 10.2. The number of hydrogen-bond acceptors (Lipinski definition) is 3. The molecular formula is C14H14ClFN2S. The first-order valence-corrected chi connectivity index (χ1v) is 7.43. The largest absolute Gasteiger partial charge is 0.373 e. The molecule has 1 aromatic carbocycles. The highest BCUT2D eigenvalue weighted by molar-refractivity contribution is 7.10. The molecule has 0 spiro atoms. The normalized spacial score (nSPS) is 22.6. The van der Waals surface area contributed by atoms with Crippen LogP contribution in [0.15, 0.2) is 35.7 Å². The Balaban J connectivity index is 1.92. The van der Waals surface area contributed by atoms with Crippen molar-refractivity contribution in [1.29, 1.82) is 0 Å². The van der Waals surface area contributed by atoms with E-state index in [1.165, 1.54) is 10.9 Å². The van der Waals surface area contributed by atoms with E-state index in [2.05, 4.69) is 28.1 Å². The van der Waals surface area contributed by atoms with Gasteiger partial charge >= 0.3 is 0 Å². The molecule has 2 aromatic rings. The molecule has 2 N–H and O–H groups in total. The molecule has 3 rings (SSSR count). The Morgan fingerprint density at radius 2 is 2.26 bits per heavy atom. The molecule has 0 saturated carbocycles. The number of anilines is 1. The van der Waals surface area contributed by atoms with Gasteiger partial charge in [-0.15, -0.1) is 11.3 Å². The van der Waals surface area contributed by atoms with E-state index in [4.69, 9.17) is 11.6 Å². The minimum atomic E-state index is -0.387. The summed E-state index contributed by atoms with van der Waals surface area (Å²) in [5.74, 6) is -0.387. The molecule has 1 aliphatic rings. The van der Waals surface area contributed by atoms with Gasteiger partial charge in [0.2, 0.25) is 0 Å². The Labute approximate surface area is 120 Å². The lowest BCUT2D eigenvalue weighted by atomic mass is 9.96. The van der Waals surface area contributed by atoms with Crippen LogP contribution in [0.4, 0.5) is 10.1 Å². The van der Waals surface area contributed by atoms with Gasteiger partial charge in [-0.2, -0.15) is 0 Å². The van der Waals surface area contributed by atoms with Crippen LogP contribution in [0.5, 0.6) is 0 Å². The number of thiophene rings is 1. The third-order valence-corrected chi connectivity index (χ3v) is 4.82. The number of hydrogen-bond donors (Lipinski definition) is 2. The van der Waals surface area contributed by atoms with Crippen molar-refractivity contribution in [2.24, 2.45) is 0 Å². The molecular weight excluding hydrogens is 283 g/mol. The predicted molar refractivity (Wildman–Crippen MR) is 78.5 cm³/mol. The van der Waals surface area contributed by atoms with Gasteiger partial charge < -0.3 is 10.6 Å². The molecule has 100 valence electrons. The SMILES string of the molecule is Fc1ccc(N[C@@]2(c3cccs3)CCNC2)cc1Cl. The van der Waals surface area contributed by atoms with Gasteiger partial charge in [-0.3, -0.25) is 0 Å². The highest BCUT2D eigenvalue weighted by Gasteiger charge is 2.36. The summed E-state index contributed by atoms with van der Waals surface area (Å²) in [6, 6.07) is 8.96. The monoisotopic (exact) mass is 296 g/mol. The van der Waals surface area contributed by atoms with E-state index in [1.807, 2.05) is 0 Å². The van der Waals surface area contributed by atoms with E-state index in [0.29, 0.717) is 0 Å². The molecule has 2 heterocycles. The van der Waals surface area contributed by atoms with E-state index < -0.39 is 0 Å². The van der Waals surface area contributed by atoms with Gasteiger partial charge in [-0.25, -0.2) is 4.39 Å². The first-order chi connectivity index (χ1) is 9.20. The summed E-state index contributed by atoms with van der Waals surface area (Å²) < 4.78 is 13.2. The highest BCUT2D eigenvalue weighted by atomic mass is 35.5. The Hall–Kier alpha value is -1.10. The maximum absolute atomic E-state index is 13.2. The van der Waals surface area contributed by atoms with E-state index in [0.717, 1.165) is 25.2 Å². The van der Waals surface area contributed by atoms with Crippen LogP contribution in [0.1, 0.15) is 11.3 Å². The van der Waals surface area contributed by atoms with Crippen molar-refractivity contribution in [3.05, 3.63) is 51.4 Å². The maximum atomic E-state index is 13.2. The quantitative estimate of drug-likeness (QED) is 0.899. The molecule has 0 radical (unpaired) electrons. The van der Waals surface area contributed by atoms with Gasteiger partial charge in [0.05, 0.1) is 10.6 Å². The number of halogens is 2. The molecule has 19 heavy (non-hydrogen) atoms. The Morgan fingerprint density at radius 3 is 2.89 bits per heavy atom. The third kappa shape index (κ3) is 2.48. The van der Waals surface area contributed by atoms with Gasteiger partial charge in [0.1, 0.15) is 5.82 Å². The average Bonchev–Trinajstić information content (AvgIpc) is 3.05. The van der Waals surface area contributed by atoms with Gasteiger partial charge in [0.25, 0.3) is 0 Å². The molecule has 0 bridgehead atoms. The molecule has 5 heteroatoms. The number of nitrogens with one attached hydrogen (secondary N) is 2. The fourth-order valence-electron chi connectivity index (χ4n) is 2.47. The molecule has 0 unspecified atom stereocenters. The lowest BCUT2D eigenvalue weighted by Crippen LogP contribution is -2.36. The van der Waals surface area contributed by atoms with Gasteiger partial charge in [0.15, 0.2) is 0 Å². The molecule has 1 aliphatic heterocycles. The molecule has 1 saturated heterocycles. The number of benzene rings is 1. The van der Waals surface area contributed by atoms with Crippen LogP contribution < -0.4 is 10.6 Å². The fraction of sp³-hybridized carbons (Fsp3) is 0.286. The second kappa shape index (κ2) is 5.12. The van der Waals surface area contributed by atoms with Crippen molar-refractivity contribution < 1.29 is 4.39 Å². The van der Waals surface area contributed by atoms with Crippen LogP contribution in [0.25, 0.3) is 0 Å². The smallest absolute Gasteiger partial charge is 0.141 e. The summed E-state index contributed by atoms with van der Waals surface area (Å²) in [6.07, 6.45) is 1.00. The summed E-state index contributed by atoms with van der Waals surface area (Å²) >= 11 is 7.58. The van der Waals surface area contributed by atoms with E-state index in [-0.39, 0.29) is 16.4 Å². The van der Waals surface area contributed by atoms with Gasteiger partial charge in [-0.05, 0) is 42.6 Å². The van der Waals surface area contributed by atoms with Crippen molar-refractivity contribution in [2.75, 3.05) is 18.4 Å². The van der Waals surface area contributed by atoms with Crippen molar-refractivity contribution in [3.8, 4) is 0 Å². The summed E-state index contributed by atoms with van der Waals surface area (Å²) in [6.45, 7) is 1.84. The maximum Gasteiger partial charge on any atom is 0.141 e. The van der Waals surface area contributed by atoms with E-state index in [1.54, 1.807) is 23.5 Å². The predicted octanol–water partition coefficient (Wildman–Crippen LogP) is 3.84. The van der Waals surface area contributed by atoms with Crippen molar-refractivity contribution in [3.63, 3.8) is 0 Å². The van der Waals surface area contributed by atoms with E-state index >= 15 is 0 Å². The fourth-order valence-corrected chi connectivity index (χ4v) is 3.56. The highest BCUT2D eigenvalue weighted by Crippen LogP contribution is 2.35. The molecule has 2 nitrogen and oxygen atoms in total. The first-order valence-electron chi connectivity index (χ1n) is 6.18. The zero-order valence-corrected chi connectivity index (χ0v) is 11.8. The van der Waals surface area contributed by atoms with Crippen LogP contribution in [0.2, 0.25) is 5.02 Å². The van der Waals surface area contributed by atoms with Crippen LogP contribution in [-0.2, 0) is 5.54 Å². The average molecular weight is 297 g/mol. The Bertz CT molecular complexity index is 565. The van der Waals surface area contributed by atoms with Crippen LogP contribution >= 0.6 is 22.9 Å². The molecule has 1 aromatic heterocycles. The summed E-state index contributed by atoms with van der Waals surface area (Å²) in [4.78, 5) is 1.29. The lowest BCUT2D eigenvalue weighted by molar-refractivity contribution is 0.554. The minimum absolute atomic E-state index is 0.116. The van der Waals surface area contributed by atoms with Gasteiger partial charge in [-0.1, -0.05) is 17.7 Å². The summed E-state index contributed by atoms with van der Waals surface area (Å²) in [5, 5.41) is 9.13. The lowest BCUT2D eigenvalue weighted by Gasteiger charge is -2.30. The van der Waals surface area contributed by atoms with Gasteiger partial charge in [0, 0.05) is 17.1 Å². The van der Waals surface area contributed by atoms with Crippen LogP contribution in [0, 0.1) is 5.82 Å². The molecule has 0 amide bonds. The van der Waals surface area contributed by atoms with Crippen molar-refractivity contribution in [2.45, 2.75) is 12.0 Å². The first kappa shape index (κ1) is 12.9. The third-order valence-electron chi connectivity index (χ3n) is 3.45. The number of rotatable bonds is 3. The molecule has 1 atom stereocenters. The van der Waals surface area contributed by atoms with Crippen molar-refractivity contribution in [1.82, 2.24) is 5.32 Å². The Kier molecular flexibility index (Phi) is 3.48. The van der Waals surface area contributed by atoms with Crippen LogP contribution in [-0.4, -0.2) is 13.1 Å². The second-order valence-electron chi connectivity index (χ2n) is 4.74. The molecule has 1 fully saturated rings. The van der Waals surface area contributed by atoms with E-state index in [9.17, 15) is 4.39 Å². The standard InChI is InChI=1S/C14H14ClFN2S/c15-11-8-10(3-4-12(11)16)18-14(5-6-17-9-14)13-2-1-7-19-13/h1-4,7-8,17-18H,5-6,9H2/t14-/m0/s1. The zero-order chi connectivity index (χ0) is 13.3. The minimum Gasteiger partial charge on any atom is -0.373 e. The second-order valence-corrected chi connectivity index (χ2v) is 6.09. The topological polar surface area (TPSA) is 24.1 Å². The Morgan fingerprint density at radius 1 is 1.37 bits per heavy atom. The van der Waals surface area contributed by atoms with Crippen molar-refractivity contribution >= 4 is 28.6 Å². The van der Waals surface area contributed by atoms with Crippen LogP contribution in [0.3, 0.4) is 0 Å². The summed E-state index contributed by atoms with van der Waals surface area (Å²) in [5.41, 5.74) is 0.735. The molecule has 0 aliphatic carbocycles. The summed E-state index contributed by atoms with van der Waals surface area (Å²) in [7, 11) is 0.